The van der Waals surface area contributed by atoms with Crippen LogP contribution in [0, 0.1) is 0 Å². The number of hydrogen-bond acceptors (Lipinski definition) is 3. The van der Waals surface area contributed by atoms with Crippen molar-refractivity contribution in [2.75, 3.05) is 6.54 Å². The van der Waals surface area contributed by atoms with E-state index in [2.05, 4.69) is 41.3 Å². The van der Waals surface area contributed by atoms with E-state index in [0.717, 1.165) is 30.5 Å². The first kappa shape index (κ1) is 17.7. The van der Waals surface area contributed by atoms with Crippen LogP contribution in [0.2, 0.25) is 5.02 Å². The molecule has 28 heavy (non-hydrogen) atoms. The summed E-state index contributed by atoms with van der Waals surface area (Å²) in [6, 6.07) is 21.0. The molecule has 4 heteroatoms. The molecule has 0 bridgehead atoms. The van der Waals surface area contributed by atoms with Crippen molar-refractivity contribution < 1.29 is 10.2 Å². The van der Waals surface area contributed by atoms with Crippen LogP contribution in [0.3, 0.4) is 0 Å². The van der Waals surface area contributed by atoms with Crippen LogP contribution in [0.1, 0.15) is 45.5 Å². The van der Waals surface area contributed by atoms with E-state index in [1.807, 2.05) is 24.3 Å². The van der Waals surface area contributed by atoms with E-state index in [1.165, 1.54) is 22.3 Å². The molecular weight excluding hydrogens is 370 g/mol. The monoisotopic (exact) mass is 391 g/mol. The van der Waals surface area contributed by atoms with Gasteiger partial charge in [0.1, 0.15) is 5.75 Å². The maximum atomic E-state index is 10.2. The van der Waals surface area contributed by atoms with Crippen molar-refractivity contribution in [1.82, 2.24) is 4.90 Å². The van der Waals surface area contributed by atoms with Crippen molar-refractivity contribution in [2.24, 2.45) is 0 Å². The summed E-state index contributed by atoms with van der Waals surface area (Å²) < 4.78 is 0. The Kier molecular flexibility index (Phi) is 4.39. The Balaban J connectivity index is 1.68. The molecule has 0 spiro atoms. The standard InChI is InChI=1S/C24H22ClNO2/c25-21-13-20-18(12-23(21)28)11-22-19-7-6-15(14-27)10-17(19)8-9-26(22)24(20)16-4-2-1-3-5-16/h1-7,10,12-13,22,24,27-28H,8-9,11,14H2/t22-,24?/m0/s1. The van der Waals surface area contributed by atoms with E-state index in [4.69, 9.17) is 11.6 Å². The number of benzene rings is 3. The minimum absolute atomic E-state index is 0.0729. The zero-order chi connectivity index (χ0) is 19.3. The number of nitrogens with zero attached hydrogens (tertiary/aromatic N) is 1. The van der Waals surface area contributed by atoms with Gasteiger partial charge in [-0.1, -0.05) is 60.1 Å². The molecular formula is C24H22ClNO2. The first-order valence-corrected chi connectivity index (χ1v) is 10.1. The minimum Gasteiger partial charge on any atom is -0.506 e. The van der Waals surface area contributed by atoms with Crippen LogP contribution in [-0.4, -0.2) is 21.7 Å². The second-order valence-electron chi connectivity index (χ2n) is 7.71. The molecule has 2 aliphatic rings. The van der Waals surface area contributed by atoms with Crippen LogP contribution >= 0.6 is 11.6 Å². The van der Waals surface area contributed by atoms with Gasteiger partial charge < -0.3 is 10.2 Å². The van der Waals surface area contributed by atoms with Gasteiger partial charge in [0.25, 0.3) is 0 Å². The predicted octanol–water partition coefficient (Wildman–Crippen LogP) is 4.78. The Bertz CT molecular complexity index is 1030. The van der Waals surface area contributed by atoms with Gasteiger partial charge in [0.05, 0.1) is 17.7 Å². The molecule has 0 amide bonds. The number of aromatic hydroxyl groups is 1. The van der Waals surface area contributed by atoms with Gasteiger partial charge in [0, 0.05) is 12.6 Å². The van der Waals surface area contributed by atoms with Crippen LogP contribution in [0.4, 0.5) is 0 Å². The van der Waals surface area contributed by atoms with Gasteiger partial charge in [-0.05, 0) is 58.4 Å². The molecule has 0 fully saturated rings. The van der Waals surface area contributed by atoms with Gasteiger partial charge >= 0.3 is 0 Å². The van der Waals surface area contributed by atoms with E-state index in [1.54, 1.807) is 0 Å². The smallest absolute Gasteiger partial charge is 0.134 e. The molecule has 5 rings (SSSR count). The Hall–Kier alpha value is -2.33. The summed E-state index contributed by atoms with van der Waals surface area (Å²) in [6.45, 7) is 1.02. The second kappa shape index (κ2) is 6.93. The maximum absolute atomic E-state index is 10.2. The summed E-state index contributed by atoms with van der Waals surface area (Å²) in [7, 11) is 0. The topological polar surface area (TPSA) is 43.7 Å². The summed E-state index contributed by atoms with van der Waals surface area (Å²) in [5, 5.41) is 20.1. The lowest BCUT2D eigenvalue weighted by atomic mass is 9.78. The zero-order valence-electron chi connectivity index (χ0n) is 15.5. The van der Waals surface area contributed by atoms with Crippen LogP contribution in [0.25, 0.3) is 0 Å². The summed E-state index contributed by atoms with van der Waals surface area (Å²) >= 11 is 6.30. The molecule has 2 N–H and O–H groups in total. The molecule has 0 saturated heterocycles. The fraction of sp³-hybridized carbons (Fsp3) is 0.250. The number of aliphatic hydroxyl groups is 1. The largest absolute Gasteiger partial charge is 0.506 e. The fourth-order valence-electron chi connectivity index (χ4n) is 4.86. The fourth-order valence-corrected chi connectivity index (χ4v) is 5.04. The lowest BCUT2D eigenvalue weighted by molar-refractivity contribution is 0.129. The molecule has 1 unspecified atom stereocenters. The van der Waals surface area contributed by atoms with Crippen molar-refractivity contribution in [3.8, 4) is 5.75 Å². The molecule has 0 aromatic heterocycles. The summed E-state index contributed by atoms with van der Waals surface area (Å²) in [6.07, 6.45) is 1.80. The molecule has 2 atom stereocenters. The van der Waals surface area contributed by atoms with Crippen LogP contribution in [-0.2, 0) is 19.4 Å². The van der Waals surface area contributed by atoms with Crippen molar-refractivity contribution >= 4 is 11.6 Å². The molecule has 0 radical (unpaired) electrons. The highest BCUT2D eigenvalue weighted by atomic mass is 35.5. The minimum atomic E-state index is 0.0729. The number of aliphatic hydroxyl groups excluding tert-OH is 1. The number of phenolic OH excluding ortho intramolecular Hbond substituents is 1. The maximum Gasteiger partial charge on any atom is 0.134 e. The van der Waals surface area contributed by atoms with Gasteiger partial charge in [-0.2, -0.15) is 0 Å². The van der Waals surface area contributed by atoms with Crippen molar-refractivity contribution in [1.29, 1.82) is 0 Å². The van der Waals surface area contributed by atoms with Crippen molar-refractivity contribution in [3.63, 3.8) is 0 Å². The number of phenols is 1. The molecule has 0 aliphatic carbocycles. The van der Waals surface area contributed by atoms with E-state index in [9.17, 15) is 10.2 Å². The third-order valence-corrected chi connectivity index (χ3v) is 6.45. The number of hydrogen-bond donors (Lipinski definition) is 2. The Labute approximate surface area is 169 Å². The van der Waals surface area contributed by atoms with Gasteiger partial charge in [-0.15, -0.1) is 0 Å². The van der Waals surface area contributed by atoms with E-state index >= 15 is 0 Å². The average molecular weight is 392 g/mol. The van der Waals surface area contributed by atoms with Crippen molar-refractivity contribution in [2.45, 2.75) is 31.5 Å². The lowest BCUT2D eigenvalue weighted by Crippen LogP contribution is -2.43. The molecule has 2 aliphatic heterocycles. The average Bonchev–Trinajstić information content (AvgIpc) is 2.73. The van der Waals surface area contributed by atoms with Crippen molar-refractivity contribution in [3.05, 3.63) is 99.1 Å². The Morgan fingerprint density at radius 1 is 0.964 bits per heavy atom. The van der Waals surface area contributed by atoms with E-state index in [0.29, 0.717) is 5.02 Å². The summed E-state index contributed by atoms with van der Waals surface area (Å²) in [5.74, 6) is 0.146. The number of fused-ring (bicyclic) bond motifs is 4. The highest BCUT2D eigenvalue weighted by Crippen LogP contribution is 2.48. The van der Waals surface area contributed by atoms with Crippen LogP contribution in [0.5, 0.6) is 5.75 Å². The predicted molar refractivity (Wildman–Crippen MR) is 111 cm³/mol. The SMILES string of the molecule is OCc1ccc2c(c1)CCN1C(c3ccccc3)c3cc(Cl)c(O)cc3C[C@@H]21. The second-order valence-corrected chi connectivity index (χ2v) is 8.12. The molecule has 3 aromatic rings. The van der Waals surface area contributed by atoms with E-state index < -0.39 is 0 Å². The molecule has 3 nitrogen and oxygen atoms in total. The zero-order valence-corrected chi connectivity index (χ0v) is 16.2. The summed E-state index contributed by atoms with van der Waals surface area (Å²) in [4.78, 5) is 2.56. The Morgan fingerprint density at radius 3 is 2.57 bits per heavy atom. The quantitative estimate of drug-likeness (QED) is 0.660. The highest BCUT2D eigenvalue weighted by Gasteiger charge is 2.39. The third-order valence-electron chi connectivity index (χ3n) is 6.15. The number of halogens is 1. The Morgan fingerprint density at radius 2 is 1.79 bits per heavy atom. The number of rotatable bonds is 2. The lowest BCUT2D eigenvalue weighted by Gasteiger charge is -2.47. The van der Waals surface area contributed by atoms with E-state index in [-0.39, 0.29) is 24.4 Å². The summed E-state index contributed by atoms with van der Waals surface area (Å²) in [5.41, 5.74) is 7.18. The van der Waals surface area contributed by atoms with Crippen LogP contribution < -0.4 is 0 Å². The third kappa shape index (κ3) is 2.82. The molecule has 3 aromatic carbocycles. The first-order chi connectivity index (χ1) is 13.7. The van der Waals surface area contributed by atoms with Gasteiger partial charge in [0.2, 0.25) is 0 Å². The van der Waals surface area contributed by atoms with Crippen LogP contribution in [0.15, 0.2) is 60.7 Å². The van der Waals surface area contributed by atoms with Gasteiger partial charge in [-0.3, -0.25) is 4.90 Å². The molecule has 0 saturated carbocycles. The molecule has 2 heterocycles. The van der Waals surface area contributed by atoms with Gasteiger partial charge in [0.15, 0.2) is 0 Å². The first-order valence-electron chi connectivity index (χ1n) is 9.70. The highest BCUT2D eigenvalue weighted by molar-refractivity contribution is 6.32. The molecule has 142 valence electrons. The normalized spacial score (nSPS) is 20.9. The van der Waals surface area contributed by atoms with Gasteiger partial charge in [-0.25, -0.2) is 0 Å².